The lowest BCUT2D eigenvalue weighted by Crippen LogP contribution is -2.09. The van der Waals surface area contributed by atoms with E-state index in [1.807, 2.05) is 0 Å². The monoisotopic (exact) mass is 194 g/mol. The summed E-state index contributed by atoms with van der Waals surface area (Å²) in [5.74, 6) is 1.42. The fourth-order valence-electron chi connectivity index (χ4n) is 2.89. The first-order chi connectivity index (χ1) is 6.86. The van der Waals surface area contributed by atoms with Crippen molar-refractivity contribution in [2.24, 2.45) is 11.8 Å². The normalized spacial score (nSPS) is 34.6. The molecule has 2 rings (SSSR count). The Hall–Kier alpha value is -0.300. The van der Waals surface area contributed by atoms with Crippen LogP contribution in [-0.4, -0.2) is 11.2 Å². The lowest BCUT2D eigenvalue weighted by Gasteiger charge is -2.09. The third-order valence-electron chi connectivity index (χ3n) is 3.86. The number of hydrogen-bond donors (Lipinski definition) is 1. The first kappa shape index (κ1) is 10.2. The van der Waals surface area contributed by atoms with E-state index >= 15 is 0 Å². The van der Waals surface area contributed by atoms with Gasteiger partial charge in [-0.25, -0.2) is 0 Å². The predicted molar refractivity (Wildman–Crippen MR) is 59.1 cm³/mol. The molecule has 0 amide bonds. The molecule has 0 aromatic heterocycles. The van der Waals surface area contributed by atoms with Gasteiger partial charge in [0.05, 0.1) is 6.10 Å². The summed E-state index contributed by atoms with van der Waals surface area (Å²) in [6.07, 6.45) is 15.0. The van der Waals surface area contributed by atoms with Crippen molar-refractivity contribution >= 4 is 0 Å². The maximum absolute atomic E-state index is 9.63. The topological polar surface area (TPSA) is 20.2 Å². The summed E-state index contributed by atoms with van der Waals surface area (Å²) >= 11 is 0. The summed E-state index contributed by atoms with van der Waals surface area (Å²) in [6, 6.07) is 0. The summed E-state index contributed by atoms with van der Waals surface area (Å²) in [5.41, 5.74) is 0. The SMILES string of the molecule is OC1CCCC1/C=C/CC1CCCC1. The molecule has 0 radical (unpaired) electrons. The van der Waals surface area contributed by atoms with Gasteiger partial charge in [-0.1, -0.05) is 44.3 Å². The van der Waals surface area contributed by atoms with Crippen LogP contribution in [0.4, 0.5) is 0 Å². The van der Waals surface area contributed by atoms with Crippen LogP contribution in [0.2, 0.25) is 0 Å². The highest BCUT2D eigenvalue weighted by molar-refractivity contribution is 4.96. The van der Waals surface area contributed by atoms with Crippen LogP contribution in [0.15, 0.2) is 12.2 Å². The number of aliphatic hydroxyl groups excluding tert-OH is 1. The van der Waals surface area contributed by atoms with Crippen LogP contribution in [0.5, 0.6) is 0 Å². The van der Waals surface area contributed by atoms with Crippen molar-refractivity contribution in [2.45, 2.75) is 57.5 Å². The van der Waals surface area contributed by atoms with E-state index in [2.05, 4.69) is 12.2 Å². The van der Waals surface area contributed by atoms with E-state index in [0.29, 0.717) is 5.92 Å². The van der Waals surface area contributed by atoms with Gasteiger partial charge in [-0.2, -0.15) is 0 Å². The summed E-state index contributed by atoms with van der Waals surface area (Å²) in [5, 5.41) is 9.63. The largest absolute Gasteiger partial charge is 0.393 e. The second-order valence-electron chi connectivity index (χ2n) is 4.98. The minimum Gasteiger partial charge on any atom is -0.393 e. The smallest absolute Gasteiger partial charge is 0.0602 e. The van der Waals surface area contributed by atoms with E-state index in [9.17, 15) is 5.11 Å². The van der Waals surface area contributed by atoms with E-state index < -0.39 is 0 Å². The summed E-state index contributed by atoms with van der Waals surface area (Å²) in [7, 11) is 0. The molecule has 0 aromatic carbocycles. The Kier molecular flexibility index (Phi) is 3.63. The lowest BCUT2D eigenvalue weighted by molar-refractivity contribution is 0.153. The first-order valence-corrected chi connectivity index (χ1v) is 6.21. The van der Waals surface area contributed by atoms with Crippen molar-refractivity contribution in [3.63, 3.8) is 0 Å². The van der Waals surface area contributed by atoms with Crippen molar-refractivity contribution in [3.8, 4) is 0 Å². The highest BCUT2D eigenvalue weighted by Gasteiger charge is 2.22. The van der Waals surface area contributed by atoms with Gasteiger partial charge in [-0.3, -0.25) is 0 Å². The lowest BCUT2D eigenvalue weighted by atomic mass is 10.0. The summed E-state index contributed by atoms with van der Waals surface area (Å²) in [4.78, 5) is 0. The minimum absolute atomic E-state index is 0.0465. The molecule has 14 heavy (non-hydrogen) atoms. The molecule has 0 aliphatic heterocycles. The molecule has 2 unspecified atom stereocenters. The number of hydrogen-bond acceptors (Lipinski definition) is 1. The Morgan fingerprint density at radius 3 is 2.43 bits per heavy atom. The fourth-order valence-corrected chi connectivity index (χ4v) is 2.89. The van der Waals surface area contributed by atoms with Crippen LogP contribution in [0, 0.1) is 11.8 Å². The second kappa shape index (κ2) is 4.97. The molecule has 2 aliphatic rings. The predicted octanol–water partition coefficient (Wildman–Crippen LogP) is 3.28. The van der Waals surface area contributed by atoms with Crippen molar-refractivity contribution in [1.82, 2.24) is 0 Å². The zero-order valence-corrected chi connectivity index (χ0v) is 8.99. The van der Waals surface area contributed by atoms with Gasteiger partial charge in [0.25, 0.3) is 0 Å². The molecule has 0 saturated heterocycles. The van der Waals surface area contributed by atoms with E-state index in [-0.39, 0.29) is 6.10 Å². The fraction of sp³-hybridized carbons (Fsp3) is 0.846. The van der Waals surface area contributed by atoms with Crippen LogP contribution in [0.25, 0.3) is 0 Å². The maximum atomic E-state index is 9.63. The second-order valence-corrected chi connectivity index (χ2v) is 4.98. The molecular weight excluding hydrogens is 172 g/mol. The molecule has 0 spiro atoms. The number of aliphatic hydroxyl groups is 1. The van der Waals surface area contributed by atoms with Gasteiger partial charge in [-0.05, 0) is 25.2 Å². The third-order valence-corrected chi connectivity index (χ3v) is 3.86. The zero-order valence-electron chi connectivity index (χ0n) is 8.99. The molecule has 2 aliphatic carbocycles. The van der Waals surface area contributed by atoms with E-state index in [0.717, 1.165) is 12.3 Å². The Morgan fingerprint density at radius 1 is 1.00 bits per heavy atom. The number of rotatable bonds is 3. The molecule has 2 saturated carbocycles. The molecular formula is C13H22O. The summed E-state index contributed by atoms with van der Waals surface area (Å²) < 4.78 is 0. The van der Waals surface area contributed by atoms with Crippen LogP contribution < -0.4 is 0 Å². The Labute approximate surface area is 87.2 Å². The van der Waals surface area contributed by atoms with Crippen LogP contribution >= 0.6 is 0 Å². The minimum atomic E-state index is -0.0465. The van der Waals surface area contributed by atoms with Crippen LogP contribution in [0.1, 0.15) is 51.4 Å². The van der Waals surface area contributed by atoms with Gasteiger partial charge in [-0.15, -0.1) is 0 Å². The standard InChI is InChI=1S/C13H22O/c14-13-10-4-9-12(13)8-3-7-11-5-1-2-6-11/h3,8,11-14H,1-2,4-7,9-10H2/b8-3+. The van der Waals surface area contributed by atoms with Gasteiger partial charge in [0, 0.05) is 5.92 Å². The van der Waals surface area contributed by atoms with Gasteiger partial charge >= 0.3 is 0 Å². The van der Waals surface area contributed by atoms with Gasteiger partial charge in [0.15, 0.2) is 0 Å². The quantitative estimate of drug-likeness (QED) is 0.684. The Morgan fingerprint density at radius 2 is 1.79 bits per heavy atom. The van der Waals surface area contributed by atoms with Crippen molar-refractivity contribution in [1.29, 1.82) is 0 Å². The van der Waals surface area contributed by atoms with Gasteiger partial charge < -0.3 is 5.11 Å². The van der Waals surface area contributed by atoms with Crippen LogP contribution in [0.3, 0.4) is 0 Å². The van der Waals surface area contributed by atoms with Gasteiger partial charge in [0.2, 0.25) is 0 Å². The molecule has 2 atom stereocenters. The molecule has 0 heterocycles. The van der Waals surface area contributed by atoms with Crippen molar-refractivity contribution in [2.75, 3.05) is 0 Å². The van der Waals surface area contributed by atoms with Gasteiger partial charge in [0.1, 0.15) is 0 Å². The highest BCUT2D eigenvalue weighted by atomic mass is 16.3. The molecule has 1 nitrogen and oxygen atoms in total. The first-order valence-electron chi connectivity index (χ1n) is 6.21. The molecule has 0 aromatic rings. The third kappa shape index (κ3) is 2.60. The molecule has 80 valence electrons. The molecule has 0 bridgehead atoms. The van der Waals surface area contributed by atoms with Crippen molar-refractivity contribution < 1.29 is 5.11 Å². The highest BCUT2D eigenvalue weighted by Crippen LogP contribution is 2.30. The van der Waals surface area contributed by atoms with E-state index in [1.54, 1.807) is 0 Å². The van der Waals surface area contributed by atoms with Crippen molar-refractivity contribution in [3.05, 3.63) is 12.2 Å². The molecule has 1 N–H and O–H groups in total. The van der Waals surface area contributed by atoms with E-state index in [4.69, 9.17) is 0 Å². The average molecular weight is 194 g/mol. The zero-order chi connectivity index (χ0) is 9.80. The summed E-state index contributed by atoms with van der Waals surface area (Å²) in [6.45, 7) is 0. The average Bonchev–Trinajstić information content (AvgIpc) is 2.78. The van der Waals surface area contributed by atoms with E-state index in [1.165, 1.54) is 44.9 Å². The van der Waals surface area contributed by atoms with Crippen LogP contribution in [-0.2, 0) is 0 Å². The Bertz CT molecular complexity index is 191. The number of allylic oxidation sites excluding steroid dienone is 1. The Balaban J connectivity index is 1.70. The molecule has 2 fully saturated rings. The maximum Gasteiger partial charge on any atom is 0.0602 e. The molecule has 1 heteroatoms.